The molecule has 1 heterocycles. The first-order valence-corrected chi connectivity index (χ1v) is 6.68. The van der Waals surface area contributed by atoms with Crippen molar-refractivity contribution < 1.29 is 19.2 Å². The third-order valence-corrected chi connectivity index (χ3v) is 3.41. The van der Waals surface area contributed by atoms with E-state index in [-0.39, 0.29) is 19.3 Å². The second-order valence-corrected chi connectivity index (χ2v) is 4.86. The van der Waals surface area contributed by atoms with Crippen molar-refractivity contribution >= 4 is 28.6 Å². The SMILES string of the molecule is O=C(Cc1cccc2ccccc12)ON1C(=O)CCC1=O. The normalized spacial score (nSPS) is 14.8. The van der Waals surface area contributed by atoms with Gasteiger partial charge in [0.1, 0.15) is 0 Å². The fourth-order valence-corrected chi connectivity index (χ4v) is 2.39. The summed E-state index contributed by atoms with van der Waals surface area (Å²) in [6.07, 6.45) is 0.208. The Balaban J connectivity index is 1.78. The minimum Gasteiger partial charge on any atom is -0.330 e. The second-order valence-electron chi connectivity index (χ2n) is 4.86. The summed E-state index contributed by atoms with van der Waals surface area (Å²) < 4.78 is 0. The summed E-state index contributed by atoms with van der Waals surface area (Å²) in [6, 6.07) is 13.3. The molecule has 0 saturated carbocycles. The standard InChI is InChI=1S/C16H13NO4/c18-14-8-9-15(19)17(14)21-16(20)10-12-6-3-5-11-4-1-2-7-13(11)12/h1-7H,8-10H2. The number of amides is 2. The van der Waals surface area contributed by atoms with Crippen LogP contribution < -0.4 is 0 Å². The molecule has 106 valence electrons. The molecule has 1 aliphatic rings. The van der Waals surface area contributed by atoms with Gasteiger partial charge < -0.3 is 4.84 Å². The fourth-order valence-electron chi connectivity index (χ4n) is 2.39. The van der Waals surface area contributed by atoms with Gasteiger partial charge in [-0.3, -0.25) is 9.59 Å². The number of imide groups is 1. The molecule has 2 aromatic rings. The molecule has 2 amide bonds. The summed E-state index contributed by atoms with van der Waals surface area (Å²) in [6.45, 7) is 0. The van der Waals surface area contributed by atoms with Gasteiger partial charge in [0.25, 0.3) is 11.8 Å². The topological polar surface area (TPSA) is 63.7 Å². The Hall–Kier alpha value is -2.69. The van der Waals surface area contributed by atoms with Crippen LogP contribution >= 0.6 is 0 Å². The summed E-state index contributed by atoms with van der Waals surface area (Å²) >= 11 is 0. The summed E-state index contributed by atoms with van der Waals surface area (Å²) in [4.78, 5) is 39.6. The van der Waals surface area contributed by atoms with Gasteiger partial charge in [0.2, 0.25) is 0 Å². The zero-order valence-electron chi connectivity index (χ0n) is 11.2. The Morgan fingerprint density at radius 1 is 1.00 bits per heavy atom. The lowest BCUT2D eigenvalue weighted by molar-refractivity contribution is -0.197. The molecule has 0 spiro atoms. The predicted octanol–water partition coefficient (Wildman–Crippen LogP) is 1.99. The number of rotatable bonds is 3. The van der Waals surface area contributed by atoms with Crippen molar-refractivity contribution in [3.63, 3.8) is 0 Å². The van der Waals surface area contributed by atoms with Crippen molar-refractivity contribution in [3.05, 3.63) is 48.0 Å². The minimum absolute atomic E-state index is 0.0123. The number of hydrogen-bond donors (Lipinski definition) is 0. The largest absolute Gasteiger partial charge is 0.337 e. The molecule has 2 aromatic carbocycles. The van der Waals surface area contributed by atoms with E-state index in [0.717, 1.165) is 16.3 Å². The molecule has 5 nitrogen and oxygen atoms in total. The van der Waals surface area contributed by atoms with Crippen LogP contribution in [0.4, 0.5) is 0 Å². The molecule has 0 bridgehead atoms. The molecule has 3 rings (SSSR count). The van der Waals surface area contributed by atoms with E-state index in [1.54, 1.807) is 0 Å². The molecule has 0 aliphatic carbocycles. The first-order chi connectivity index (χ1) is 10.1. The first-order valence-electron chi connectivity index (χ1n) is 6.68. The number of carbonyl (C=O) groups is 3. The smallest absolute Gasteiger partial charge is 0.330 e. The number of hydrogen-bond acceptors (Lipinski definition) is 4. The lowest BCUT2D eigenvalue weighted by atomic mass is 10.0. The minimum atomic E-state index is -0.616. The molecule has 1 aliphatic heterocycles. The molecule has 0 radical (unpaired) electrons. The van der Waals surface area contributed by atoms with Crippen LogP contribution in [-0.4, -0.2) is 22.8 Å². The Labute approximate surface area is 121 Å². The number of benzene rings is 2. The van der Waals surface area contributed by atoms with Gasteiger partial charge >= 0.3 is 5.97 Å². The van der Waals surface area contributed by atoms with Gasteiger partial charge in [0.05, 0.1) is 6.42 Å². The maximum atomic E-state index is 11.9. The van der Waals surface area contributed by atoms with Gasteiger partial charge in [-0.05, 0) is 16.3 Å². The molecular formula is C16H13NO4. The molecular weight excluding hydrogens is 270 g/mol. The van der Waals surface area contributed by atoms with Gasteiger partial charge in [0, 0.05) is 12.8 Å². The molecule has 1 fully saturated rings. The van der Waals surface area contributed by atoms with Crippen LogP contribution in [0.15, 0.2) is 42.5 Å². The Morgan fingerprint density at radius 3 is 2.43 bits per heavy atom. The lowest BCUT2D eigenvalue weighted by Gasteiger charge is -2.13. The van der Waals surface area contributed by atoms with Crippen molar-refractivity contribution in [2.75, 3.05) is 0 Å². The maximum Gasteiger partial charge on any atom is 0.337 e. The van der Waals surface area contributed by atoms with E-state index >= 15 is 0 Å². The van der Waals surface area contributed by atoms with Gasteiger partial charge in [0.15, 0.2) is 0 Å². The molecule has 1 saturated heterocycles. The number of hydroxylamine groups is 2. The molecule has 0 atom stereocenters. The molecule has 0 N–H and O–H groups in total. The summed E-state index contributed by atoms with van der Waals surface area (Å²) in [7, 11) is 0. The number of carbonyl (C=O) groups excluding carboxylic acids is 3. The van der Waals surface area contributed by atoms with E-state index in [0.29, 0.717) is 5.06 Å². The fraction of sp³-hybridized carbons (Fsp3) is 0.188. The van der Waals surface area contributed by atoms with Crippen LogP contribution in [0.2, 0.25) is 0 Å². The van der Waals surface area contributed by atoms with Gasteiger partial charge in [-0.2, -0.15) is 0 Å². The highest BCUT2D eigenvalue weighted by molar-refractivity contribution is 6.01. The van der Waals surface area contributed by atoms with E-state index in [2.05, 4.69) is 0 Å². The first kappa shape index (κ1) is 13.3. The van der Waals surface area contributed by atoms with Crippen molar-refractivity contribution in [3.8, 4) is 0 Å². The number of fused-ring (bicyclic) bond motifs is 1. The summed E-state index contributed by atoms with van der Waals surface area (Å²) in [5.74, 6) is -1.55. The van der Waals surface area contributed by atoms with Crippen LogP contribution in [0.25, 0.3) is 10.8 Å². The van der Waals surface area contributed by atoms with Crippen LogP contribution in [-0.2, 0) is 25.6 Å². The quantitative estimate of drug-likeness (QED) is 0.808. The van der Waals surface area contributed by atoms with Crippen molar-refractivity contribution in [2.45, 2.75) is 19.3 Å². The second kappa shape index (κ2) is 5.36. The van der Waals surface area contributed by atoms with E-state index in [9.17, 15) is 14.4 Å². The zero-order chi connectivity index (χ0) is 14.8. The van der Waals surface area contributed by atoms with Gasteiger partial charge in [-0.25, -0.2) is 4.79 Å². The zero-order valence-corrected chi connectivity index (χ0v) is 11.2. The molecule has 21 heavy (non-hydrogen) atoms. The van der Waals surface area contributed by atoms with Gasteiger partial charge in [-0.1, -0.05) is 42.5 Å². The van der Waals surface area contributed by atoms with Crippen molar-refractivity contribution in [1.29, 1.82) is 0 Å². The Kier molecular flexibility index (Phi) is 3.39. The highest BCUT2D eigenvalue weighted by Gasteiger charge is 2.32. The highest BCUT2D eigenvalue weighted by atomic mass is 16.7. The highest BCUT2D eigenvalue weighted by Crippen LogP contribution is 2.20. The van der Waals surface area contributed by atoms with Crippen LogP contribution in [0.5, 0.6) is 0 Å². The van der Waals surface area contributed by atoms with E-state index in [4.69, 9.17) is 4.84 Å². The molecule has 0 aromatic heterocycles. The summed E-state index contributed by atoms with van der Waals surface area (Å²) in [5, 5.41) is 2.56. The summed E-state index contributed by atoms with van der Waals surface area (Å²) in [5.41, 5.74) is 0.803. The monoisotopic (exact) mass is 283 g/mol. The molecule has 0 unspecified atom stereocenters. The Bertz CT molecular complexity index is 717. The third kappa shape index (κ3) is 2.63. The van der Waals surface area contributed by atoms with Crippen molar-refractivity contribution in [1.82, 2.24) is 5.06 Å². The predicted molar refractivity (Wildman–Crippen MR) is 74.8 cm³/mol. The Morgan fingerprint density at radius 2 is 1.67 bits per heavy atom. The van der Waals surface area contributed by atoms with Crippen molar-refractivity contribution in [2.24, 2.45) is 0 Å². The van der Waals surface area contributed by atoms with E-state index < -0.39 is 17.8 Å². The van der Waals surface area contributed by atoms with E-state index in [1.165, 1.54) is 0 Å². The average molecular weight is 283 g/mol. The van der Waals surface area contributed by atoms with Crippen LogP contribution in [0.3, 0.4) is 0 Å². The third-order valence-electron chi connectivity index (χ3n) is 3.41. The van der Waals surface area contributed by atoms with Crippen LogP contribution in [0.1, 0.15) is 18.4 Å². The van der Waals surface area contributed by atoms with E-state index in [1.807, 2.05) is 42.5 Å². The maximum absolute atomic E-state index is 11.9. The number of nitrogens with zero attached hydrogens (tertiary/aromatic N) is 1. The lowest BCUT2D eigenvalue weighted by Crippen LogP contribution is -2.32. The van der Waals surface area contributed by atoms with Gasteiger partial charge in [-0.15, -0.1) is 5.06 Å². The van der Waals surface area contributed by atoms with Crippen LogP contribution in [0, 0.1) is 0 Å². The molecule has 5 heteroatoms. The average Bonchev–Trinajstić information content (AvgIpc) is 2.79.